The van der Waals surface area contributed by atoms with Gasteiger partial charge in [0.1, 0.15) is 6.54 Å². The lowest BCUT2D eigenvalue weighted by Crippen LogP contribution is -2.37. The van der Waals surface area contributed by atoms with Gasteiger partial charge in [-0.3, -0.25) is 9.79 Å². The molecule has 154 valence electrons. The predicted molar refractivity (Wildman–Crippen MR) is 119 cm³/mol. The molecule has 29 heavy (non-hydrogen) atoms. The molecule has 0 unspecified atom stereocenters. The minimum Gasteiger partial charge on any atom is -0.465 e. The monoisotopic (exact) mass is 413 g/mol. The second-order valence-electron chi connectivity index (χ2n) is 7.25. The summed E-state index contributed by atoms with van der Waals surface area (Å²) < 4.78 is 5.06. The number of carbonyl (C=O) groups excluding carboxylic acids is 1. The van der Waals surface area contributed by atoms with Gasteiger partial charge in [-0.2, -0.15) is 0 Å². The number of likely N-dealkylation sites (tertiary alicyclic amines) is 1. The maximum absolute atomic E-state index is 11.9. The average molecular weight is 414 g/mol. The highest BCUT2D eigenvalue weighted by Crippen LogP contribution is 2.26. The molecule has 0 aliphatic carbocycles. The maximum Gasteiger partial charge on any atom is 0.327 e. The molecule has 1 aliphatic heterocycles. The molecule has 6 heteroatoms. The van der Waals surface area contributed by atoms with E-state index in [9.17, 15) is 4.79 Å². The number of esters is 1. The minimum absolute atomic E-state index is 0.0295. The van der Waals surface area contributed by atoms with Gasteiger partial charge in [0.2, 0.25) is 0 Å². The molecule has 0 atom stereocenters. The molecule has 0 spiro atoms. The van der Waals surface area contributed by atoms with Crippen LogP contribution in [0, 0.1) is 0 Å². The van der Waals surface area contributed by atoms with E-state index in [0.717, 1.165) is 48.5 Å². The Morgan fingerprint density at radius 2 is 1.93 bits per heavy atom. The smallest absolute Gasteiger partial charge is 0.327 e. The summed E-state index contributed by atoms with van der Waals surface area (Å²) in [4.78, 5) is 18.9. The summed E-state index contributed by atoms with van der Waals surface area (Å²) in [6.45, 7) is 4.25. The lowest BCUT2D eigenvalue weighted by molar-refractivity contribution is -0.141. The Morgan fingerprint density at radius 1 is 1.21 bits per heavy atom. The third-order valence-electron chi connectivity index (χ3n) is 5.03. The Labute approximate surface area is 177 Å². The molecule has 0 bridgehead atoms. The zero-order valence-corrected chi connectivity index (χ0v) is 17.8. The van der Waals surface area contributed by atoms with Crippen LogP contribution in [-0.4, -0.2) is 55.9 Å². The zero-order chi connectivity index (χ0) is 20.6. The van der Waals surface area contributed by atoms with Crippen molar-refractivity contribution in [3.63, 3.8) is 0 Å². The Morgan fingerprint density at radius 3 is 2.62 bits per heavy atom. The van der Waals surface area contributed by atoms with Crippen LogP contribution in [-0.2, 0) is 9.53 Å². The highest BCUT2D eigenvalue weighted by atomic mass is 35.5. The van der Waals surface area contributed by atoms with Crippen molar-refractivity contribution < 1.29 is 9.53 Å². The third-order valence-corrected chi connectivity index (χ3v) is 5.27. The summed E-state index contributed by atoms with van der Waals surface area (Å²) in [5.74, 6) is -0.340. The van der Waals surface area contributed by atoms with Crippen LogP contribution in [0.2, 0.25) is 5.02 Å². The van der Waals surface area contributed by atoms with E-state index in [-0.39, 0.29) is 12.5 Å². The van der Waals surface area contributed by atoms with Gasteiger partial charge in [0.05, 0.1) is 12.3 Å². The van der Waals surface area contributed by atoms with Crippen LogP contribution in [0.5, 0.6) is 0 Å². The molecule has 0 radical (unpaired) electrons. The molecule has 3 rings (SSSR count). The summed E-state index contributed by atoms with van der Waals surface area (Å²) in [5, 5.41) is 4.31. The van der Waals surface area contributed by atoms with E-state index >= 15 is 0 Å². The molecule has 2 aromatic carbocycles. The van der Waals surface area contributed by atoms with Crippen molar-refractivity contribution in [2.45, 2.75) is 25.8 Å². The number of nitrogens with one attached hydrogen (secondary N) is 1. The summed E-state index contributed by atoms with van der Waals surface area (Å²) in [6.07, 6.45) is 2.17. The molecule has 1 saturated heterocycles. The van der Waals surface area contributed by atoms with Crippen molar-refractivity contribution in [3.05, 3.63) is 64.7 Å². The molecule has 0 saturated carbocycles. The van der Waals surface area contributed by atoms with E-state index in [0.29, 0.717) is 17.7 Å². The normalized spacial score (nSPS) is 15.9. The first-order chi connectivity index (χ1) is 14.1. The number of nitrogens with zero attached hydrogens (tertiary/aromatic N) is 2. The molecule has 2 aromatic rings. The van der Waals surface area contributed by atoms with Crippen molar-refractivity contribution in [2.24, 2.45) is 4.99 Å². The first-order valence-electron chi connectivity index (χ1n) is 10.1. The summed E-state index contributed by atoms with van der Waals surface area (Å²) in [5.41, 5.74) is 3.55. The summed E-state index contributed by atoms with van der Waals surface area (Å²) >= 11 is 6.34. The number of piperidine rings is 1. The number of aliphatic imine (C=N–C) groups is 1. The van der Waals surface area contributed by atoms with Gasteiger partial charge in [-0.15, -0.1) is 0 Å². The molecule has 0 aromatic heterocycles. The van der Waals surface area contributed by atoms with Crippen molar-refractivity contribution in [1.82, 2.24) is 4.90 Å². The molecule has 0 amide bonds. The number of hydrogen-bond donors (Lipinski definition) is 1. The predicted octanol–water partition coefficient (Wildman–Crippen LogP) is 4.25. The van der Waals surface area contributed by atoms with Gasteiger partial charge in [0.25, 0.3) is 0 Å². The zero-order valence-electron chi connectivity index (χ0n) is 17.0. The largest absolute Gasteiger partial charge is 0.465 e. The van der Waals surface area contributed by atoms with E-state index < -0.39 is 0 Å². The molecule has 5 nitrogen and oxygen atoms in total. The Kier molecular flexibility index (Phi) is 7.67. The molecule has 1 N–H and O–H groups in total. The first-order valence-corrected chi connectivity index (χ1v) is 10.4. The van der Waals surface area contributed by atoms with Gasteiger partial charge in [-0.05, 0) is 58.1 Å². The van der Waals surface area contributed by atoms with Crippen molar-refractivity contribution in [2.75, 3.05) is 38.6 Å². The number of anilines is 1. The fraction of sp³-hybridized carbons (Fsp3) is 0.391. The van der Waals surface area contributed by atoms with Crippen LogP contribution in [0.3, 0.4) is 0 Å². The second-order valence-corrected chi connectivity index (χ2v) is 7.68. The van der Waals surface area contributed by atoms with E-state index in [1.165, 1.54) is 0 Å². The lowest BCUT2D eigenvalue weighted by Gasteiger charge is -2.31. The highest BCUT2D eigenvalue weighted by molar-refractivity contribution is 6.31. The minimum atomic E-state index is -0.340. The number of benzene rings is 2. The molecule has 1 fully saturated rings. The number of rotatable bonds is 7. The van der Waals surface area contributed by atoms with Gasteiger partial charge in [0, 0.05) is 27.9 Å². The van der Waals surface area contributed by atoms with Crippen molar-refractivity contribution >= 4 is 29.0 Å². The standard InChI is InChI=1S/C23H28ClN3O2/c1-3-29-22(28)16-25-23(17-7-5-4-6-8-17)20-15-18(24)9-10-21(20)26-19-11-13-27(2)14-12-19/h4-10,15,19,26H,3,11-14,16H2,1-2H3. The summed E-state index contributed by atoms with van der Waals surface area (Å²) in [7, 11) is 2.15. The van der Waals surface area contributed by atoms with Crippen LogP contribution in [0.4, 0.5) is 5.69 Å². The first kappa shape index (κ1) is 21.3. The fourth-order valence-corrected chi connectivity index (χ4v) is 3.66. The van der Waals surface area contributed by atoms with Crippen LogP contribution in [0.15, 0.2) is 53.5 Å². The number of carbonyl (C=O) groups is 1. The second kappa shape index (κ2) is 10.4. The van der Waals surface area contributed by atoms with Crippen LogP contribution in [0.25, 0.3) is 0 Å². The van der Waals surface area contributed by atoms with Gasteiger partial charge < -0.3 is 15.0 Å². The molecule has 1 heterocycles. The molecular weight excluding hydrogens is 386 g/mol. The van der Waals surface area contributed by atoms with E-state index in [1.807, 2.05) is 48.5 Å². The average Bonchev–Trinajstić information content (AvgIpc) is 2.72. The maximum atomic E-state index is 11.9. The topological polar surface area (TPSA) is 53.9 Å². The molecule has 1 aliphatic rings. The Bertz CT molecular complexity index is 846. The van der Waals surface area contributed by atoms with Gasteiger partial charge in [0.15, 0.2) is 0 Å². The van der Waals surface area contributed by atoms with Gasteiger partial charge in [-0.1, -0.05) is 41.9 Å². The lowest BCUT2D eigenvalue weighted by atomic mass is 9.98. The third kappa shape index (κ3) is 6.05. The van der Waals surface area contributed by atoms with Crippen LogP contribution in [0.1, 0.15) is 30.9 Å². The van der Waals surface area contributed by atoms with Crippen LogP contribution >= 0.6 is 11.6 Å². The fourth-order valence-electron chi connectivity index (χ4n) is 3.49. The van der Waals surface area contributed by atoms with Crippen molar-refractivity contribution in [3.8, 4) is 0 Å². The SMILES string of the molecule is CCOC(=O)CN=C(c1ccccc1)c1cc(Cl)ccc1NC1CCN(C)CC1. The number of halogens is 1. The van der Waals surface area contributed by atoms with Gasteiger partial charge >= 0.3 is 5.97 Å². The van der Waals surface area contributed by atoms with Gasteiger partial charge in [-0.25, -0.2) is 0 Å². The number of hydrogen-bond acceptors (Lipinski definition) is 5. The number of ether oxygens (including phenoxy) is 1. The van der Waals surface area contributed by atoms with Crippen molar-refractivity contribution in [1.29, 1.82) is 0 Å². The summed E-state index contributed by atoms with van der Waals surface area (Å²) in [6, 6.07) is 16.1. The van der Waals surface area contributed by atoms with E-state index in [4.69, 9.17) is 16.3 Å². The van der Waals surface area contributed by atoms with E-state index in [1.54, 1.807) is 6.92 Å². The Balaban J connectivity index is 1.95. The Hall–Kier alpha value is -2.37. The highest BCUT2D eigenvalue weighted by Gasteiger charge is 2.19. The molecular formula is C23H28ClN3O2. The quantitative estimate of drug-likeness (QED) is 0.544. The van der Waals surface area contributed by atoms with E-state index in [2.05, 4.69) is 22.3 Å². The van der Waals surface area contributed by atoms with Crippen LogP contribution < -0.4 is 5.32 Å².